The number of thiazole rings is 1. The van der Waals surface area contributed by atoms with E-state index in [0.29, 0.717) is 70.1 Å². The number of aliphatic carboxylic acids is 1. The SMILES string of the molecule is CC[C@@H]1CC1(CC(=O)[C@@H]1C[C@@H](Oc2cc(-c3csc(NC(C)C)n3)nc3c(Cl)c(OCCN4CCCCC4)ccc23)CN1C(=O)[C@@H](CC(=O)OC1C[C@@H]2C[C@@H]2C1)C(C)(C)C)C(=O)O. The highest BCUT2D eigenvalue weighted by atomic mass is 35.5. The van der Waals surface area contributed by atoms with Gasteiger partial charge in [-0.05, 0) is 101 Å². The van der Waals surface area contributed by atoms with Gasteiger partial charge < -0.3 is 29.5 Å². The number of ketones is 1. The molecule has 3 aliphatic carbocycles. The lowest BCUT2D eigenvalue weighted by Crippen LogP contribution is -2.48. The first kappa shape index (κ1) is 45.6. The average Bonchev–Trinajstić information content (AvgIpc) is 3.91. The van der Waals surface area contributed by atoms with Crippen LogP contribution in [-0.4, -0.2) is 106 Å². The van der Waals surface area contributed by atoms with E-state index in [4.69, 9.17) is 35.8 Å². The number of carboxylic acid groups (broad SMARTS) is 1. The molecule has 3 saturated carbocycles. The molecule has 2 N–H and O–H groups in total. The molecule has 13 nitrogen and oxygen atoms in total. The molecule has 2 aromatic heterocycles. The zero-order valence-electron chi connectivity index (χ0n) is 37.6. The van der Waals surface area contributed by atoms with Crippen molar-refractivity contribution in [1.29, 1.82) is 0 Å². The Morgan fingerprint density at radius 3 is 2.41 bits per heavy atom. The number of halogens is 1. The van der Waals surface area contributed by atoms with E-state index in [0.717, 1.165) is 37.6 Å². The molecule has 1 amide bonds. The number of hydrogen-bond donors (Lipinski definition) is 2. The number of benzene rings is 1. The number of nitrogens with zero attached hydrogens (tertiary/aromatic N) is 4. The second-order valence-corrected chi connectivity index (χ2v) is 21.5. The van der Waals surface area contributed by atoms with Crippen LogP contribution in [0.3, 0.4) is 0 Å². The third-order valence-corrected chi connectivity index (χ3v) is 15.3. The quantitative estimate of drug-likeness (QED) is 0.117. The lowest BCUT2D eigenvalue weighted by Gasteiger charge is -2.35. The number of amides is 1. The molecular weight excluding hydrogens is 842 g/mol. The van der Waals surface area contributed by atoms with Crippen molar-refractivity contribution in [2.45, 2.75) is 136 Å². The second-order valence-electron chi connectivity index (χ2n) is 20.2. The summed E-state index contributed by atoms with van der Waals surface area (Å²) in [6, 6.07) is 4.75. The summed E-state index contributed by atoms with van der Waals surface area (Å²) in [6.45, 7) is 15.2. The Bertz CT molecular complexity index is 2190. The number of Topliss-reactive ketones (excluding diaryl/α,β-unsaturated/α-hetero) is 1. The number of esters is 1. The van der Waals surface area contributed by atoms with Crippen LogP contribution in [0.4, 0.5) is 5.13 Å². The van der Waals surface area contributed by atoms with Gasteiger partial charge in [0, 0.05) is 42.3 Å². The highest BCUT2D eigenvalue weighted by Gasteiger charge is 2.61. The number of ether oxygens (including phenoxy) is 3. The van der Waals surface area contributed by atoms with Crippen LogP contribution in [0.2, 0.25) is 5.02 Å². The van der Waals surface area contributed by atoms with E-state index in [-0.39, 0.29) is 55.6 Å². The van der Waals surface area contributed by atoms with Gasteiger partial charge in [0.25, 0.3) is 0 Å². The standard InChI is InChI=1S/C48H64ClN5O8S/c1-7-30-23-48(30,45(58)59)24-38(55)37-20-32(25-54(37)44(57)34(47(4,5)6)21-41(56)62-31-18-28-17-29(28)19-31)61-40-22-35(36-26-63-46(52-36)50-27(2)3)51-43-33(40)11-12-39(42(43)49)60-16-15-53-13-9-8-10-14-53/h11-12,22,26-32,34,37H,7-10,13-21,23-25H2,1-6H3,(H,50,52)(H,58,59)/t28-,29+,30-,31?,32-,34-,37+,48?/m1/s1. The van der Waals surface area contributed by atoms with Crippen molar-refractivity contribution in [2.75, 3.05) is 38.1 Å². The molecule has 63 heavy (non-hydrogen) atoms. The van der Waals surface area contributed by atoms with Gasteiger partial charge >= 0.3 is 11.9 Å². The summed E-state index contributed by atoms with van der Waals surface area (Å²) in [5, 5.41) is 17.3. The molecule has 8 atom stereocenters. The van der Waals surface area contributed by atoms with Gasteiger partial charge in [-0.2, -0.15) is 0 Å². The van der Waals surface area contributed by atoms with Crippen molar-refractivity contribution in [2.24, 2.45) is 34.5 Å². The summed E-state index contributed by atoms with van der Waals surface area (Å²) in [7, 11) is 0. The maximum Gasteiger partial charge on any atom is 0.310 e. The largest absolute Gasteiger partial charge is 0.491 e. The Morgan fingerprint density at radius 2 is 1.75 bits per heavy atom. The van der Waals surface area contributed by atoms with Crippen LogP contribution in [0.1, 0.15) is 112 Å². The van der Waals surface area contributed by atoms with Crippen molar-refractivity contribution < 1.29 is 38.5 Å². The summed E-state index contributed by atoms with van der Waals surface area (Å²) < 4.78 is 19.1. The Hall–Kier alpha value is -4.01. The minimum absolute atomic E-state index is 0.0594. The summed E-state index contributed by atoms with van der Waals surface area (Å²) in [5.41, 5.74) is -0.166. The second kappa shape index (κ2) is 18.5. The van der Waals surface area contributed by atoms with Crippen molar-refractivity contribution in [3.05, 3.63) is 28.6 Å². The first-order chi connectivity index (χ1) is 30.0. The van der Waals surface area contributed by atoms with E-state index in [1.165, 1.54) is 37.0 Å². The topological polar surface area (TPSA) is 160 Å². The van der Waals surface area contributed by atoms with Crippen molar-refractivity contribution in [3.8, 4) is 22.9 Å². The summed E-state index contributed by atoms with van der Waals surface area (Å²) >= 11 is 8.61. The zero-order chi connectivity index (χ0) is 44.8. The predicted octanol–water partition coefficient (Wildman–Crippen LogP) is 8.90. The number of nitrogens with one attached hydrogen (secondary N) is 1. The van der Waals surface area contributed by atoms with Gasteiger partial charge in [0.05, 0.1) is 41.6 Å². The Labute approximate surface area is 380 Å². The van der Waals surface area contributed by atoms with Crippen molar-refractivity contribution in [3.63, 3.8) is 0 Å². The van der Waals surface area contributed by atoms with Crippen LogP contribution >= 0.6 is 22.9 Å². The van der Waals surface area contributed by atoms with E-state index in [1.54, 1.807) is 4.90 Å². The van der Waals surface area contributed by atoms with Gasteiger partial charge in [0.2, 0.25) is 5.91 Å². The number of aromatic nitrogens is 2. The third-order valence-electron chi connectivity index (χ3n) is 14.2. The van der Waals surface area contributed by atoms with Crippen LogP contribution < -0.4 is 14.8 Å². The van der Waals surface area contributed by atoms with Gasteiger partial charge in [-0.25, -0.2) is 9.97 Å². The van der Waals surface area contributed by atoms with Crippen LogP contribution in [0, 0.1) is 34.5 Å². The van der Waals surface area contributed by atoms with Gasteiger partial charge in [0.1, 0.15) is 41.0 Å². The fraction of sp³-hybridized carbons (Fsp3) is 0.667. The molecule has 5 fully saturated rings. The number of likely N-dealkylation sites (tertiary alicyclic amines) is 2. The van der Waals surface area contributed by atoms with E-state index in [2.05, 4.69) is 10.2 Å². The number of rotatable bonds is 18. The summed E-state index contributed by atoms with van der Waals surface area (Å²) in [6.07, 6.45) is 6.73. The normalized spacial score (nSPS) is 27.3. The molecule has 0 spiro atoms. The van der Waals surface area contributed by atoms with Crippen LogP contribution in [0.5, 0.6) is 11.5 Å². The molecular formula is C48H64ClN5O8S. The molecule has 1 aromatic carbocycles. The number of fused-ring (bicyclic) bond motifs is 2. The Kier molecular flexibility index (Phi) is 13.4. The van der Waals surface area contributed by atoms with Crippen LogP contribution in [-0.2, 0) is 23.9 Å². The summed E-state index contributed by atoms with van der Waals surface area (Å²) in [4.78, 5) is 69.3. The number of piperidine rings is 1. The first-order valence-corrected chi connectivity index (χ1v) is 24.4. The minimum atomic E-state index is -1.15. The van der Waals surface area contributed by atoms with Gasteiger partial charge in [-0.15, -0.1) is 11.3 Å². The molecule has 2 unspecified atom stereocenters. The van der Waals surface area contributed by atoms with Crippen LogP contribution in [0.25, 0.3) is 22.3 Å². The maximum absolute atomic E-state index is 14.9. The average molecular weight is 907 g/mol. The molecule has 0 radical (unpaired) electrons. The lowest BCUT2D eigenvalue weighted by atomic mass is 9.77. The fourth-order valence-corrected chi connectivity index (χ4v) is 11.5. The Balaban J connectivity index is 1.09. The predicted molar refractivity (Wildman–Crippen MR) is 243 cm³/mol. The lowest BCUT2D eigenvalue weighted by molar-refractivity contribution is -0.157. The summed E-state index contributed by atoms with van der Waals surface area (Å²) in [5.74, 6) is -0.698. The van der Waals surface area contributed by atoms with E-state index >= 15 is 0 Å². The monoisotopic (exact) mass is 905 g/mol. The molecule has 2 saturated heterocycles. The first-order valence-electron chi connectivity index (χ1n) is 23.2. The number of pyridine rings is 1. The molecule has 342 valence electrons. The molecule has 3 aromatic rings. The molecule has 4 heterocycles. The smallest absolute Gasteiger partial charge is 0.310 e. The molecule has 15 heteroatoms. The third kappa shape index (κ3) is 10.1. The van der Waals surface area contributed by atoms with Crippen molar-refractivity contribution >= 4 is 62.6 Å². The fourth-order valence-electron chi connectivity index (χ4n) is 10.4. The molecule has 0 bridgehead atoms. The molecule has 5 aliphatic rings. The molecule has 8 rings (SSSR count). The van der Waals surface area contributed by atoms with Gasteiger partial charge in [-0.1, -0.05) is 52.1 Å². The molecule has 2 aliphatic heterocycles. The van der Waals surface area contributed by atoms with Gasteiger partial charge in [0.15, 0.2) is 10.9 Å². The maximum atomic E-state index is 14.9. The number of anilines is 1. The minimum Gasteiger partial charge on any atom is -0.491 e. The van der Waals surface area contributed by atoms with Gasteiger partial charge in [-0.3, -0.25) is 24.1 Å². The Morgan fingerprint density at radius 1 is 1.00 bits per heavy atom. The zero-order valence-corrected chi connectivity index (χ0v) is 39.2. The highest BCUT2D eigenvalue weighted by Crippen LogP contribution is 2.58. The highest BCUT2D eigenvalue weighted by molar-refractivity contribution is 7.14. The number of carboxylic acids is 1. The van der Waals surface area contributed by atoms with E-state index < -0.39 is 40.8 Å². The van der Waals surface area contributed by atoms with E-state index in [1.807, 2.05) is 65.1 Å². The number of carbonyl (C=O) groups is 4. The number of hydrogen-bond acceptors (Lipinski definition) is 12. The van der Waals surface area contributed by atoms with E-state index in [9.17, 15) is 24.3 Å². The number of carbonyl (C=O) groups excluding carboxylic acids is 3. The van der Waals surface area contributed by atoms with Crippen molar-refractivity contribution in [1.82, 2.24) is 19.8 Å². The van der Waals surface area contributed by atoms with Crippen LogP contribution in [0.15, 0.2) is 23.6 Å².